The van der Waals surface area contributed by atoms with Crippen LogP contribution in [-0.4, -0.2) is 9.78 Å². The summed E-state index contributed by atoms with van der Waals surface area (Å²) >= 11 is 0. The summed E-state index contributed by atoms with van der Waals surface area (Å²) in [6, 6.07) is 10.3. The molecule has 3 rings (SSSR count). The Morgan fingerprint density at radius 1 is 1.10 bits per heavy atom. The van der Waals surface area contributed by atoms with Crippen LogP contribution in [0.15, 0.2) is 42.7 Å². The van der Waals surface area contributed by atoms with Crippen LogP contribution in [0.2, 0.25) is 0 Å². The number of rotatable bonds is 4. The fourth-order valence-corrected chi connectivity index (χ4v) is 3.34. The zero-order valence-electron chi connectivity index (χ0n) is 12.6. The predicted octanol–water partition coefficient (Wildman–Crippen LogP) is 4.23. The standard InChI is InChI=1S/C18H25N3/c19-18(12-15-8-4-1-2-5-9-15)16-13-20-21(14-16)17-10-6-3-7-11-17/h3,6-7,10-11,13-15,18H,1-2,4-5,8-9,12,19H2. The van der Waals surface area contributed by atoms with Gasteiger partial charge in [0.15, 0.2) is 0 Å². The molecule has 2 aromatic rings. The van der Waals surface area contributed by atoms with Crippen LogP contribution in [0.4, 0.5) is 0 Å². The summed E-state index contributed by atoms with van der Waals surface area (Å²) in [6.07, 6.45) is 13.4. The molecule has 1 aromatic carbocycles. The van der Waals surface area contributed by atoms with E-state index in [0.717, 1.165) is 23.6 Å². The van der Waals surface area contributed by atoms with Gasteiger partial charge >= 0.3 is 0 Å². The monoisotopic (exact) mass is 283 g/mol. The second-order valence-corrected chi connectivity index (χ2v) is 6.25. The second kappa shape index (κ2) is 6.90. The maximum absolute atomic E-state index is 6.41. The van der Waals surface area contributed by atoms with Gasteiger partial charge in [0.05, 0.1) is 11.9 Å². The lowest BCUT2D eigenvalue weighted by molar-refractivity contribution is 0.393. The van der Waals surface area contributed by atoms with Gasteiger partial charge in [0.1, 0.15) is 0 Å². The summed E-state index contributed by atoms with van der Waals surface area (Å²) in [4.78, 5) is 0. The Kier molecular flexibility index (Phi) is 4.71. The Balaban J connectivity index is 1.65. The summed E-state index contributed by atoms with van der Waals surface area (Å²) in [5.41, 5.74) is 8.66. The van der Waals surface area contributed by atoms with E-state index in [1.165, 1.54) is 38.5 Å². The fraction of sp³-hybridized carbons (Fsp3) is 0.500. The Hall–Kier alpha value is -1.61. The molecular weight excluding hydrogens is 258 g/mol. The van der Waals surface area contributed by atoms with Gasteiger partial charge in [0, 0.05) is 17.8 Å². The van der Waals surface area contributed by atoms with Gasteiger partial charge in [-0.05, 0) is 24.5 Å². The van der Waals surface area contributed by atoms with Gasteiger partial charge in [-0.1, -0.05) is 56.7 Å². The van der Waals surface area contributed by atoms with E-state index in [1.807, 2.05) is 29.1 Å². The number of nitrogens with two attached hydrogens (primary N) is 1. The minimum atomic E-state index is 0.116. The molecule has 1 unspecified atom stereocenters. The predicted molar refractivity (Wildman–Crippen MR) is 86.3 cm³/mol. The van der Waals surface area contributed by atoms with E-state index < -0.39 is 0 Å². The first-order valence-electron chi connectivity index (χ1n) is 8.18. The van der Waals surface area contributed by atoms with Crippen molar-refractivity contribution in [2.45, 2.75) is 51.0 Å². The van der Waals surface area contributed by atoms with Crippen molar-refractivity contribution in [1.82, 2.24) is 9.78 Å². The van der Waals surface area contributed by atoms with Crippen LogP contribution >= 0.6 is 0 Å². The van der Waals surface area contributed by atoms with Gasteiger partial charge in [-0.3, -0.25) is 0 Å². The van der Waals surface area contributed by atoms with Crippen LogP contribution in [0, 0.1) is 5.92 Å². The molecule has 0 radical (unpaired) electrons. The fourth-order valence-electron chi connectivity index (χ4n) is 3.34. The molecule has 2 N–H and O–H groups in total. The van der Waals surface area contributed by atoms with Crippen molar-refractivity contribution in [3.05, 3.63) is 48.3 Å². The highest BCUT2D eigenvalue weighted by atomic mass is 15.3. The Morgan fingerprint density at radius 2 is 1.81 bits per heavy atom. The molecule has 0 aliphatic heterocycles. The van der Waals surface area contributed by atoms with E-state index >= 15 is 0 Å². The highest BCUT2D eigenvalue weighted by molar-refractivity contribution is 5.31. The summed E-state index contributed by atoms with van der Waals surface area (Å²) in [7, 11) is 0. The summed E-state index contributed by atoms with van der Waals surface area (Å²) in [5, 5.41) is 4.46. The smallest absolute Gasteiger partial charge is 0.0645 e. The van der Waals surface area contributed by atoms with Crippen LogP contribution in [0.3, 0.4) is 0 Å². The zero-order chi connectivity index (χ0) is 14.5. The molecule has 21 heavy (non-hydrogen) atoms. The first kappa shape index (κ1) is 14.3. The Bertz CT molecular complexity index is 539. The average Bonchev–Trinajstić information content (AvgIpc) is 2.88. The second-order valence-electron chi connectivity index (χ2n) is 6.25. The minimum Gasteiger partial charge on any atom is -0.324 e. The van der Waals surface area contributed by atoms with Gasteiger partial charge in [-0.15, -0.1) is 0 Å². The molecule has 1 atom stereocenters. The van der Waals surface area contributed by atoms with Crippen molar-refractivity contribution in [1.29, 1.82) is 0 Å². The summed E-state index contributed by atoms with van der Waals surface area (Å²) < 4.78 is 1.92. The number of nitrogens with zero attached hydrogens (tertiary/aromatic N) is 2. The van der Waals surface area contributed by atoms with Crippen molar-refractivity contribution in [2.24, 2.45) is 11.7 Å². The van der Waals surface area contributed by atoms with Gasteiger partial charge in [-0.2, -0.15) is 5.10 Å². The van der Waals surface area contributed by atoms with E-state index in [1.54, 1.807) is 0 Å². The average molecular weight is 283 g/mol. The van der Waals surface area contributed by atoms with Gasteiger partial charge in [0.25, 0.3) is 0 Å². The maximum atomic E-state index is 6.41. The highest BCUT2D eigenvalue weighted by Gasteiger charge is 2.18. The number of hydrogen-bond donors (Lipinski definition) is 1. The molecule has 0 bridgehead atoms. The molecule has 1 aliphatic rings. The van der Waals surface area contributed by atoms with Crippen molar-refractivity contribution in [2.75, 3.05) is 0 Å². The lowest BCUT2D eigenvalue weighted by Crippen LogP contribution is -2.15. The molecule has 0 spiro atoms. The van der Waals surface area contributed by atoms with Crippen LogP contribution in [0.25, 0.3) is 5.69 Å². The summed E-state index contributed by atoms with van der Waals surface area (Å²) in [6.45, 7) is 0. The molecule has 1 aromatic heterocycles. The number of benzene rings is 1. The van der Waals surface area contributed by atoms with E-state index in [9.17, 15) is 0 Å². The molecule has 3 heteroatoms. The SMILES string of the molecule is NC(CC1CCCCCC1)c1cnn(-c2ccccc2)c1. The normalized spacial score (nSPS) is 18.3. The molecule has 3 nitrogen and oxygen atoms in total. The lowest BCUT2D eigenvalue weighted by atomic mass is 9.91. The Labute approximate surface area is 127 Å². The van der Waals surface area contributed by atoms with Gasteiger partial charge < -0.3 is 5.73 Å². The molecular formula is C18H25N3. The van der Waals surface area contributed by atoms with Crippen LogP contribution in [-0.2, 0) is 0 Å². The molecule has 1 saturated carbocycles. The first-order chi connectivity index (χ1) is 10.3. The molecule has 112 valence electrons. The summed E-state index contributed by atoms with van der Waals surface area (Å²) in [5.74, 6) is 0.794. The number of aromatic nitrogens is 2. The number of hydrogen-bond acceptors (Lipinski definition) is 2. The van der Waals surface area contributed by atoms with E-state index in [4.69, 9.17) is 5.73 Å². The van der Waals surface area contributed by atoms with Crippen LogP contribution < -0.4 is 5.73 Å². The van der Waals surface area contributed by atoms with Crippen LogP contribution in [0.5, 0.6) is 0 Å². The van der Waals surface area contributed by atoms with Crippen molar-refractivity contribution in [3.63, 3.8) is 0 Å². The minimum absolute atomic E-state index is 0.116. The van der Waals surface area contributed by atoms with Gasteiger partial charge in [-0.25, -0.2) is 4.68 Å². The lowest BCUT2D eigenvalue weighted by Gasteiger charge is -2.18. The van der Waals surface area contributed by atoms with E-state index in [0.29, 0.717) is 0 Å². The van der Waals surface area contributed by atoms with Crippen molar-refractivity contribution >= 4 is 0 Å². The number of para-hydroxylation sites is 1. The van der Waals surface area contributed by atoms with E-state index in [2.05, 4.69) is 23.4 Å². The van der Waals surface area contributed by atoms with E-state index in [-0.39, 0.29) is 6.04 Å². The first-order valence-corrected chi connectivity index (χ1v) is 8.18. The topological polar surface area (TPSA) is 43.8 Å². The molecule has 1 aliphatic carbocycles. The largest absolute Gasteiger partial charge is 0.324 e. The third-order valence-electron chi connectivity index (χ3n) is 4.61. The molecule has 1 fully saturated rings. The third kappa shape index (κ3) is 3.73. The highest BCUT2D eigenvalue weighted by Crippen LogP contribution is 2.30. The maximum Gasteiger partial charge on any atom is 0.0645 e. The van der Waals surface area contributed by atoms with Gasteiger partial charge in [0.2, 0.25) is 0 Å². The molecule has 0 amide bonds. The molecule has 1 heterocycles. The van der Waals surface area contributed by atoms with Crippen LogP contribution in [0.1, 0.15) is 56.6 Å². The van der Waals surface area contributed by atoms with Crippen molar-refractivity contribution < 1.29 is 0 Å². The third-order valence-corrected chi connectivity index (χ3v) is 4.61. The zero-order valence-corrected chi connectivity index (χ0v) is 12.6. The quantitative estimate of drug-likeness (QED) is 0.853. The molecule has 0 saturated heterocycles. The van der Waals surface area contributed by atoms with Crippen molar-refractivity contribution in [3.8, 4) is 5.69 Å². The Morgan fingerprint density at radius 3 is 2.52 bits per heavy atom.